The molecule has 0 saturated heterocycles. The van der Waals surface area contributed by atoms with E-state index in [-0.39, 0.29) is 0 Å². The Morgan fingerprint density at radius 3 is 2.72 bits per heavy atom. The van der Waals surface area contributed by atoms with Gasteiger partial charge >= 0.3 is 0 Å². The average Bonchev–Trinajstić information content (AvgIpc) is 2.95. The molecule has 0 amide bonds. The van der Waals surface area contributed by atoms with Gasteiger partial charge < -0.3 is 5.32 Å². The first kappa shape index (κ1) is 13.2. The van der Waals surface area contributed by atoms with Crippen LogP contribution in [0, 0.1) is 6.92 Å². The van der Waals surface area contributed by atoms with E-state index in [1.165, 1.54) is 5.69 Å². The van der Waals surface area contributed by atoms with E-state index in [0.717, 1.165) is 42.5 Å². The smallest absolute Gasteiger partial charge is 0.0897 e. The van der Waals surface area contributed by atoms with Crippen molar-refractivity contribution < 1.29 is 0 Å². The van der Waals surface area contributed by atoms with E-state index in [4.69, 9.17) is 0 Å². The van der Waals surface area contributed by atoms with Crippen LogP contribution in [0.2, 0.25) is 0 Å². The minimum absolute atomic E-state index is 0.820. The van der Waals surface area contributed by atoms with Crippen molar-refractivity contribution in [2.24, 2.45) is 0 Å². The van der Waals surface area contributed by atoms with E-state index in [0.29, 0.717) is 0 Å². The summed E-state index contributed by atoms with van der Waals surface area (Å²) in [7, 11) is 0. The Morgan fingerprint density at radius 2 is 2.11 bits per heavy atom. The average molecular weight is 264 g/mol. The summed E-state index contributed by atoms with van der Waals surface area (Å²) in [5.74, 6) is 0. The fraction of sp³-hybridized carbons (Fsp3) is 0.538. The van der Waals surface area contributed by atoms with Crippen molar-refractivity contribution in [3.63, 3.8) is 0 Å². The summed E-state index contributed by atoms with van der Waals surface area (Å²) >= 11 is 1.70. The van der Waals surface area contributed by atoms with Crippen LogP contribution in [-0.4, -0.2) is 14.8 Å². The Morgan fingerprint density at radius 1 is 1.28 bits per heavy atom. The molecule has 0 aliphatic carbocycles. The van der Waals surface area contributed by atoms with Crippen LogP contribution in [0.4, 0.5) is 0 Å². The van der Waals surface area contributed by atoms with Crippen LogP contribution < -0.4 is 5.32 Å². The van der Waals surface area contributed by atoms with Gasteiger partial charge in [0.2, 0.25) is 0 Å². The lowest BCUT2D eigenvalue weighted by atomic mass is 10.3. The van der Waals surface area contributed by atoms with Gasteiger partial charge in [-0.25, -0.2) is 4.98 Å². The minimum Gasteiger partial charge on any atom is -0.305 e. The fourth-order valence-corrected chi connectivity index (χ4v) is 2.52. The van der Waals surface area contributed by atoms with Gasteiger partial charge in [0.1, 0.15) is 0 Å². The summed E-state index contributed by atoms with van der Waals surface area (Å²) in [6, 6.07) is 2.18. The maximum absolute atomic E-state index is 4.54. The topological polar surface area (TPSA) is 42.7 Å². The fourth-order valence-electron chi connectivity index (χ4n) is 1.91. The van der Waals surface area contributed by atoms with Gasteiger partial charge in [0, 0.05) is 25.0 Å². The summed E-state index contributed by atoms with van der Waals surface area (Å²) in [5.41, 5.74) is 3.54. The van der Waals surface area contributed by atoms with Crippen LogP contribution in [0.5, 0.6) is 0 Å². The molecule has 2 rings (SSSR count). The Hall–Kier alpha value is -1.20. The number of aryl methyl sites for hydroxylation is 3. The number of hydrogen-bond donors (Lipinski definition) is 1. The van der Waals surface area contributed by atoms with Crippen LogP contribution in [0.25, 0.3) is 0 Å². The third kappa shape index (κ3) is 3.17. The zero-order valence-corrected chi connectivity index (χ0v) is 12.0. The molecule has 0 radical (unpaired) electrons. The molecule has 0 saturated carbocycles. The quantitative estimate of drug-likeness (QED) is 0.872. The van der Waals surface area contributed by atoms with Crippen molar-refractivity contribution >= 4 is 11.3 Å². The maximum Gasteiger partial charge on any atom is 0.0897 e. The van der Waals surface area contributed by atoms with Crippen molar-refractivity contribution in [2.45, 2.75) is 46.8 Å². The van der Waals surface area contributed by atoms with Crippen molar-refractivity contribution in [3.8, 4) is 0 Å². The molecular formula is C13H20N4S. The SMILES string of the molecule is CCc1cc(CNCc2csc(C)n2)n(CC)n1. The van der Waals surface area contributed by atoms with Crippen LogP contribution in [0.1, 0.15) is 35.9 Å². The van der Waals surface area contributed by atoms with Crippen LogP contribution in [0.15, 0.2) is 11.4 Å². The van der Waals surface area contributed by atoms with Gasteiger partial charge in [-0.05, 0) is 26.3 Å². The van der Waals surface area contributed by atoms with E-state index in [1.54, 1.807) is 11.3 Å². The van der Waals surface area contributed by atoms with Crippen molar-refractivity contribution in [1.29, 1.82) is 0 Å². The van der Waals surface area contributed by atoms with Crippen LogP contribution in [-0.2, 0) is 26.1 Å². The Kier molecular flexibility index (Phi) is 4.49. The number of rotatable bonds is 6. The summed E-state index contributed by atoms with van der Waals surface area (Å²) in [6.07, 6.45) is 0.991. The minimum atomic E-state index is 0.820. The molecule has 2 heterocycles. The lowest BCUT2D eigenvalue weighted by molar-refractivity contribution is 0.575. The summed E-state index contributed by atoms with van der Waals surface area (Å²) < 4.78 is 2.07. The number of nitrogens with zero attached hydrogens (tertiary/aromatic N) is 3. The van der Waals surface area contributed by atoms with E-state index in [2.05, 4.69) is 45.4 Å². The zero-order chi connectivity index (χ0) is 13.0. The Labute approximate surface area is 112 Å². The maximum atomic E-state index is 4.54. The Balaban J connectivity index is 1.91. The van der Waals surface area contributed by atoms with Crippen LogP contribution in [0.3, 0.4) is 0 Å². The van der Waals surface area contributed by atoms with E-state index >= 15 is 0 Å². The predicted octanol–water partition coefficient (Wildman–Crippen LogP) is 2.52. The highest BCUT2D eigenvalue weighted by molar-refractivity contribution is 7.09. The second kappa shape index (κ2) is 6.11. The highest BCUT2D eigenvalue weighted by Gasteiger charge is 2.05. The molecule has 0 unspecified atom stereocenters. The first-order valence-electron chi connectivity index (χ1n) is 6.40. The van der Waals surface area contributed by atoms with Crippen molar-refractivity contribution in [1.82, 2.24) is 20.1 Å². The molecule has 0 aliphatic rings. The molecule has 2 aromatic rings. The van der Waals surface area contributed by atoms with Gasteiger partial charge in [-0.2, -0.15) is 5.10 Å². The summed E-state index contributed by atoms with van der Waals surface area (Å²) in [5, 5.41) is 11.2. The summed E-state index contributed by atoms with van der Waals surface area (Å²) in [6.45, 7) is 8.89. The lowest BCUT2D eigenvalue weighted by Gasteiger charge is -2.05. The number of hydrogen-bond acceptors (Lipinski definition) is 4. The normalized spacial score (nSPS) is 11.1. The van der Waals surface area contributed by atoms with Crippen molar-refractivity contribution in [2.75, 3.05) is 0 Å². The third-order valence-electron chi connectivity index (χ3n) is 2.85. The first-order valence-corrected chi connectivity index (χ1v) is 7.28. The molecule has 1 N–H and O–H groups in total. The van der Waals surface area contributed by atoms with Gasteiger partial charge in [0.05, 0.1) is 22.1 Å². The van der Waals surface area contributed by atoms with Crippen molar-refractivity contribution in [3.05, 3.63) is 33.5 Å². The molecule has 0 atom stereocenters. The predicted molar refractivity (Wildman–Crippen MR) is 74.7 cm³/mol. The lowest BCUT2D eigenvalue weighted by Crippen LogP contribution is -2.16. The molecule has 0 spiro atoms. The van der Waals surface area contributed by atoms with Gasteiger partial charge in [-0.15, -0.1) is 11.3 Å². The van der Waals surface area contributed by atoms with E-state index < -0.39 is 0 Å². The van der Waals surface area contributed by atoms with Gasteiger partial charge in [-0.1, -0.05) is 6.92 Å². The second-order valence-corrected chi connectivity index (χ2v) is 5.32. The Bertz CT molecular complexity index is 501. The molecule has 5 heteroatoms. The first-order chi connectivity index (χ1) is 8.72. The largest absolute Gasteiger partial charge is 0.305 e. The highest BCUT2D eigenvalue weighted by atomic mass is 32.1. The number of nitrogens with one attached hydrogen (secondary N) is 1. The third-order valence-corrected chi connectivity index (χ3v) is 3.68. The molecule has 18 heavy (non-hydrogen) atoms. The molecule has 4 nitrogen and oxygen atoms in total. The van der Waals surface area contributed by atoms with E-state index in [9.17, 15) is 0 Å². The highest BCUT2D eigenvalue weighted by Crippen LogP contribution is 2.09. The van der Waals surface area contributed by atoms with Gasteiger partial charge in [-0.3, -0.25) is 4.68 Å². The zero-order valence-electron chi connectivity index (χ0n) is 11.2. The monoisotopic (exact) mass is 264 g/mol. The van der Waals surface area contributed by atoms with Gasteiger partial charge in [0.25, 0.3) is 0 Å². The molecule has 0 fully saturated rings. The summed E-state index contributed by atoms with van der Waals surface area (Å²) in [4.78, 5) is 4.44. The second-order valence-electron chi connectivity index (χ2n) is 4.26. The molecule has 0 aliphatic heterocycles. The molecular weight excluding hydrogens is 244 g/mol. The number of thiazole rings is 1. The van der Waals surface area contributed by atoms with Gasteiger partial charge in [0.15, 0.2) is 0 Å². The molecule has 2 aromatic heterocycles. The number of aromatic nitrogens is 3. The van der Waals surface area contributed by atoms with Crippen LogP contribution >= 0.6 is 11.3 Å². The standard InChI is InChI=1S/C13H20N4S/c1-4-11-6-13(17(5-2)16-11)8-14-7-12-9-18-10(3)15-12/h6,9,14H,4-5,7-8H2,1-3H3. The molecule has 0 aromatic carbocycles. The van der Waals surface area contributed by atoms with E-state index in [1.807, 2.05) is 6.92 Å². The molecule has 98 valence electrons. The molecule has 0 bridgehead atoms.